The maximum Gasteiger partial charge on any atom is 0.323 e. The van der Waals surface area contributed by atoms with Crippen molar-refractivity contribution < 1.29 is 4.79 Å². The fourth-order valence-corrected chi connectivity index (χ4v) is 3.79. The quantitative estimate of drug-likeness (QED) is 0.737. The number of urea groups is 1. The lowest BCUT2D eigenvalue weighted by atomic mass is 9.93. The number of anilines is 3. The largest absolute Gasteiger partial charge is 0.367 e. The topological polar surface area (TPSA) is 93.9 Å². The van der Waals surface area contributed by atoms with E-state index in [1.54, 1.807) is 0 Å². The van der Waals surface area contributed by atoms with Gasteiger partial charge in [-0.15, -0.1) is 0 Å². The molecule has 0 atom stereocenters. The van der Waals surface area contributed by atoms with Crippen molar-refractivity contribution in [2.24, 2.45) is 5.92 Å². The zero-order valence-electron chi connectivity index (χ0n) is 17.1. The van der Waals surface area contributed by atoms with Gasteiger partial charge < -0.3 is 15.5 Å². The van der Waals surface area contributed by atoms with E-state index in [2.05, 4.69) is 45.4 Å². The second-order valence-corrected chi connectivity index (χ2v) is 7.84. The molecule has 0 saturated heterocycles. The van der Waals surface area contributed by atoms with E-state index in [1.165, 1.54) is 44.5 Å². The number of aromatic nitrogens is 2. The third-order valence-corrected chi connectivity index (χ3v) is 5.05. The molecule has 2 aromatic rings. The Morgan fingerprint density at radius 2 is 1.86 bits per heavy atom. The molecule has 1 aromatic carbocycles. The second-order valence-electron chi connectivity index (χ2n) is 7.84. The van der Waals surface area contributed by atoms with Crippen molar-refractivity contribution in [3.05, 3.63) is 42.5 Å². The first kappa shape index (κ1) is 20.6. The Morgan fingerprint density at radius 1 is 1.17 bits per heavy atom. The van der Waals surface area contributed by atoms with Crippen molar-refractivity contribution in [2.75, 3.05) is 22.1 Å². The molecule has 0 unspecified atom stereocenters. The van der Waals surface area contributed by atoms with Crippen LogP contribution in [-0.2, 0) is 0 Å². The van der Waals surface area contributed by atoms with E-state index < -0.39 is 0 Å². The highest BCUT2D eigenvalue weighted by molar-refractivity contribution is 6.01. The van der Waals surface area contributed by atoms with Crippen LogP contribution in [0.25, 0.3) is 0 Å². The zero-order chi connectivity index (χ0) is 20.6. The first-order valence-corrected chi connectivity index (χ1v) is 10.2. The lowest BCUT2D eigenvalue weighted by Gasteiger charge is -2.38. The number of rotatable bonds is 6. The summed E-state index contributed by atoms with van der Waals surface area (Å²) in [5, 5.41) is 14.5. The molecule has 1 fully saturated rings. The fourth-order valence-electron chi connectivity index (χ4n) is 3.79. The van der Waals surface area contributed by atoms with Crippen molar-refractivity contribution in [1.29, 1.82) is 5.26 Å². The van der Waals surface area contributed by atoms with E-state index in [9.17, 15) is 4.79 Å². The molecule has 0 spiro atoms. The summed E-state index contributed by atoms with van der Waals surface area (Å²) in [6.45, 7) is 5.40. The molecule has 2 N–H and O–H groups in total. The molecule has 7 nitrogen and oxygen atoms in total. The van der Waals surface area contributed by atoms with Crippen LogP contribution in [0, 0.1) is 17.2 Å². The van der Waals surface area contributed by atoms with Gasteiger partial charge in [-0.05, 0) is 30.9 Å². The molecule has 152 valence electrons. The van der Waals surface area contributed by atoms with Gasteiger partial charge in [-0.25, -0.2) is 14.8 Å². The minimum atomic E-state index is -0.362. The van der Waals surface area contributed by atoms with Gasteiger partial charge in [-0.2, -0.15) is 5.26 Å². The first-order chi connectivity index (χ1) is 14.1. The Kier molecular flexibility index (Phi) is 7.01. The predicted molar refractivity (Wildman–Crippen MR) is 115 cm³/mol. The third-order valence-electron chi connectivity index (χ3n) is 5.05. The molecular formula is C22H28N6O. The average Bonchev–Trinajstić information content (AvgIpc) is 2.73. The predicted octanol–water partition coefficient (Wildman–Crippen LogP) is 4.79. The Balaban J connectivity index is 1.76. The monoisotopic (exact) mass is 392 g/mol. The summed E-state index contributed by atoms with van der Waals surface area (Å²) in [5.41, 5.74) is 2.27. The van der Waals surface area contributed by atoms with Crippen molar-refractivity contribution in [2.45, 2.75) is 52.0 Å². The highest BCUT2D eigenvalue weighted by Gasteiger charge is 2.24. The minimum Gasteiger partial charge on any atom is -0.367 e. The molecule has 0 bridgehead atoms. The lowest BCUT2D eigenvalue weighted by Crippen LogP contribution is -2.40. The normalized spacial score (nSPS) is 14.3. The van der Waals surface area contributed by atoms with Gasteiger partial charge in [-0.1, -0.05) is 45.2 Å². The third kappa shape index (κ3) is 5.67. The fraction of sp³-hybridized carbons (Fsp3) is 0.455. The SMILES string of the molecule is CC(C)CN(c1ccccc1NC(=O)Nc1cnc(C#N)nc1)C1CCCCC1. The number of hydrogen-bond donors (Lipinski definition) is 2. The van der Waals surface area contributed by atoms with Crippen molar-refractivity contribution in [1.82, 2.24) is 9.97 Å². The Bertz CT molecular complexity index is 852. The van der Waals surface area contributed by atoms with Gasteiger partial charge in [0.2, 0.25) is 5.82 Å². The van der Waals surface area contributed by atoms with Crippen molar-refractivity contribution >= 4 is 23.1 Å². The minimum absolute atomic E-state index is 0.0677. The second kappa shape index (κ2) is 9.87. The van der Waals surface area contributed by atoms with Crippen LogP contribution in [-0.4, -0.2) is 28.6 Å². The van der Waals surface area contributed by atoms with Crippen molar-refractivity contribution in [3.8, 4) is 6.07 Å². The van der Waals surface area contributed by atoms with E-state index in [4.69, 9.17) is 5.26 Å². The van der Waals surface area contributed by atoms with E-state index >= 15 is 0 Å². The number of hydrogen-bond acceptors (Lipinski definition) is 5. The van der Waals surface area contributed by atoms with Crippen LogP contribution in [0.15, 0.2) is 36.7 Å². The number of carbonyl (C=O) groups is 1. The molecule has 0 radical (unpaired) electrons. The standard InChI is InChI=1S/C22H28N6O/c1-16(2)15-28(18-8-4-3-5-9-18)20-11-7-6-10-19(20)27-22(29)26-17-13-24-21(12-23)25-14-17/h6-7,10-11,13-14,16,18H,3-5,8-9,15H2,1-2H3,(H2,26,27,29). The van der Waals surface area contributed by atoms with Gasteiger partial charge in [0.1, 0.15) is 6.07 Å². The van der Waals surface area contributed by atoms with Gasteiger partial charge in [-0.3, -0.25) is 0 Å². The highest BCUT2D eigenvalue weighted by Crippen LogP contribution is 2.33. The first-order valence-electron chi connectivity index (χ1n) is 10.2. The summed E-state index contributed by atoms with van der Waals surface area (Å²) in [6.07, 6.45) is 9.04. The van der Waals surface area contributed by atoms with Crippen LogP contribution in [0.4, 0.5) is 21.9 Å². The highest BCUT2D eigenvalue weighted by atomic mass is 16.2. The van der Waals surface area contributed by atoms with Gasteiger partial charge in [0.25, 0.3) is 0 Å². The smallest absolute Gasteiger partial charge is 0.323 e. The Morgan fingerprint density at radius 3 is 2.52 bits per heavy atom. The van der Waals surface area contributed by atoms with Crippen LogP contribution in [0.2, 0.25) is 0 Å². The molecule has 29 heavy (non-hydrogen) atoms. The maximum absolute atomic E-state index is 12.5. The van der Waals surface area contributed by atoms with Crippen LogP contribution in [0.1, 0.15) is 51.8 Å². The summed E-state index contributed by atoms with van der Waals surface area (Å²) in [6, 6.07) is 9.96. The Hall–Kier alpha value is -3.14. The molecule has 1 aliphatic carbocycles. The number of carbonyl (C=O) groups excluding carboxylic acids is 1. The maximum atomic E-state index is 12.5. The van der Waals surface area contributed by atoms with E-state index in [0.29, 0.717) is 17.6 Å². The number of nitrogens with one attached hydrogen (secondary N) is 2. The van der Waals surface area contributed by atoms with Crippen LogP contribution < -0.4 is 15.5 Å². The molecule has 1 aliphatic rings. The van der Waals surface area contributed by atoms with Gasteiger partial charge in [0.05, 0.1) is 29.5 Å². The molecule has 2 amide bonds. The summed E-state index contributed by atoms with van der Waals surface area (Å²) in [4.78, 5) is 22.8. The average molecular weight is 393 g/mol. The summed E-state index contributed by atoms with van der Waals surface area (Å²) in [5.74, 6) is 0.590. The molecule has 3 rings (SSSR count). The van der Waals surface area contributed by atoms with Crippen LogP contribution in [0.5, 0.6) is 0 Å². The van der Waals surface area contributed by atoms with Gasteiger partial charge in [0.15, 0.2) is 0 Å². The molecule has 7 heteroatoms. The molecule has 1 saturated carbocycles. The van der Waals surface area contributed by atoms with Crippen LogP contribution >= 0.6 is 0 Å². The lowest BCUT2D eigenvalue weighted by molar-refractivity contribution is 0.262. The summed E-state index contributed by atoms with van der Waals surface area (Å²) >= 11 is 0. The van der Waals surface area contributed by atoms with E-state index in [1.807, 2.05) is 24.3 Å². The number of nitriles is 1. The van der Waals surface area contributed by atoms with Crippen LogP contribution in [0.3, 0.4) is 0 Å². The summed E-state index contributed by atoms with van der Waals surface area (Å²) < 4.78 is 0. The van der Waals surface area contributed by atoms with E-state index in [-0.39, 0.29) is 11.9 Å². The molecule has 0 aliphatic heterocycles. The Labute approximate surface area is 172 Å². The molecular weight excluding hydrogens is 364 g/mol. The van der Waals surface area contributed by atoms with E-state index in [0.717, 1.165) is 17.9 Å². The molecule has 1 heterocycles. The van der Waals surface area contributed by atoms with Gasteiger partial charge in [0, 0.05) is 12.6 Å². The summed E-state index contributed by atoms with van der Waals surface area (Å²) in [7, 11) is 0. The number of nitrogens with zero attached hydrogens (tertiary/aromatic N) is 4. The molecule has 1 aromatic heterocycles. The van der Waals surface area contributed by atoms with Crippen molar-refractivity contribution in [3.63, 3.8) is 0 Å². The number of benzene rings is 1. The zero-order valence-corrected chi connectivity index (χ0v) is 17.1. The van der Waals surface area contributed by atoms with Gasteiger partial charge >= 0.3 is 6.03 Å². The number of para-hydroxylation sites is 2. The number of amides is 2.